The Kier molecular flexibility index (Phi) is 6.78. The number of fused-ring (bicyclic) bond motifs is 1. The number of nitrogens with one attached hydrogen (secondary N) is 2. The van der Waals surface area contributed by atoms with Crippen LogP contribution in [0.1, 0.15) is 60.7 Å². The van der Waals surface area contributed by atoms with E-state index in [1.54, 1.807) is 14.0 Å². The first-order chi connectivity index (χ1) is 11.6. The zero-order chi connectivity index (χ0) is 17.5. The fourth-order valence-corrected chi connectivity index (χ4v) is 3.69. The molecule has 0 aromatic carbocycles. The zero-order valence-electron chi connectivity index (χ0n) is 14.5. The highest BCUT2D eigenvalue weighted by molar-refractivity contribution is 7.20. The highest BCUT2D eigenvalue weighted by atomic mass is 32.1. The quantitative estimate of drug-likeness (QED) is 0.673. The molecule has 0 spiro atoms. The van der Waals surface area contributed by atoms with Gasteiger partial charge in [0.25, 0.3) is 11.9 Å². The van der Waals surface area contributed by atoms with Crippen molar-refractivity contribution in [2.24, 2.45) is 0 Å². The molecule has 0 bridgehead atoms. The molecular formula is C17H25N3O3S. The molecule has 0 unspecified atom stereocenters. The molecule has 0 aliphatic rings. The first kappa shape index (κ1) is 18.4. The third-order valence-corrected chi connectivity index (χ3v) is 5.15. The fraction of sp³-hybridized carbons (Fsp3) is 0.588. The molecular weight excluding hydrogens is 326 g/mol. The van der Waals surface area contributed by atoms with Gasteiger partial charge in [-0.15, -0.1) is 11.3 Å². The lowest BCUT2D eigenvalue weighted by Crippen LogP contribution is -2.17. The Labute approximate surface area is 145 Å². The van der Waals surface area contributed by atoms with E-state index in [0.29, 0.717) is 20.7 Å². The number of hydrogen-bond donors (Lipinski definition) is 2. The molecule has 7 heteroatoms. The second kappa shape index (κ2) is 8.82. The van der Waals surface area contributed by atoms with Gasteiger partial charge in [-0.3, -0.25) is 4.79 Å². The Balaban J connectivity index is 2.02. The van der Waals surface area contributed by atoms with Crippen molar-refractivity contribution >= 4 is 33.5 Å². The summed E-state index contributed by atoms with van der Waals surface area (Å²) in [6.07, 6.45) is 7.19. The van der Waals surface area contributed by atoms with Crippen molar-refractivity contribution in [3.63, 3.8) is 0 Å². The van der Waals surface area contributed by atoms with Gasteiger partial charge in [0.1, 0.15) is 10.2 Å². The molecule has 132 valence electrons. The van der Waals surface area contributed by atoms with E-state index in [-0.39, 0.29) is 11.9 Å². The number of carbonyl (C=O) groups excluding carboxylic acids is 1. The molecule has 6 nitrogen and oxygen atoms in total. The Morgan fingerprint density at radius 2 is 1.92 bits per heavy atom. The molecule has 2 rings (SSSR count). The molecule has 2 aromatic heterocycles. The number of unbranched alkanes of at least 4 members (excludes halogenated alkanes) is 5. The van der Waals surface area contributed by atoms with Gasteiger partial charge in [-0.05, 0) is 18.9 Å². The van der Waals surface area contributed by atoms with Crippen molar-refractivity contribution in [1.82, 2.24) is 10.3 Å². The monoisotopic (exact) mass is 351 g/mol. The molecule has 0 saturated carbocycles. The second-order valence-electron chi connectivity index (χ2n) is 5.82. The van der Waals surface area contributed by atoms with E-state index in [0.717, 1.165) is 19.4 Å². The number of rotatable bonds is 9. The van der Waals surface area contributed by atoms with E-state index in [4.69, 9.17) is 4.42 Å². The summed E-state index contributed by atoms with van der Waals surface area (Å²) < 4.78 is 5.24. The van der Waals surface area contributed by atoms with Crippen molar-refractivity contribution in [1.29, 1.82) is 0 Å². The lowest BCUT2D eigenvalue weighted by molar-refractivity contribution is 0.0966. The van der Waals surface area contributed by atoms with Crippen molar-refractivity contribution in [2.45, 2.75) is 52.4 Å². The van der Waals surface area contributed by atoms with Gasteiger partial charge in [0.2, 0.25) is 0 Å². The lowest BCUT2D eigenvalue weighted by atomic mass is 10.1. The molecule has 24 heavy (non-hydrogen) atoms. The summed E-state index contributed by atoms with van der Waals surface area (Å²) >= 11 is 1.21. The molecule has 0 radical (unpaired) electrons. The van der Waals surface area contributed by atoms with Crippen LogP contribution in [0.2, 0.25) is 0 Å². The number of aromatic nitrogens is 1. The van der Waals surface area contributed by atoms with E-state index in [9.17, 15) is 9.59 Å². The maximum Gasteiger partial charge on any atom is 0.349 e. The Morgan fingerprint density at radius 1 is 1.21 bits per heavy atom. The summed E-state index contributed by atoms with van der Waals surface area (Å²) in [5.74, 6) is -0.212. The third kappa shape index (κ3) is 4.35. The number of nitrogens with zero attached hydrogens (tertiary/aromatic N) is 1. The van der Waals surface area contributed by atoms with E-state index in [1.807, 2.05) is 0 Å². The van der Waals surface area contributed by atoms with Crippen LogP contribution < -0.4 is 16.3 Å². The van der Waals surface area contributed by atoms with Crippen LogP contribution in [-0.4, -0.2) is 24.5 Å². The first-order valence-corrected chi connectivity index (χ1v) is 9.30. The third-order valence-electron chi connectivity index (χ3n) is 3.96. The van der Waals surface area contributed by atoms with E-state index < -0.39 is 5.63 Å². The summed E-state index contributed by atoms with van der Waals surface area (Å²) in [6, 6.07) is 0.228. The molecule has 0 aliphatic carbocycles. The van der Waals surface area contributed by atoms with Gasteiger partial charge >= 0.3 is 5.63 Å². The fourth-order valence-electron chi connectivity index (χ4n) is 2.58. The molecule has 2 N–H and O–H groups in total. The van der Waals surface area contributed by atoms with Gasteiger partial charge in [-0.25, -0.2) is 4.79 Å². The molecule has 0 saturated heterocycles. The lowest BCUT2D eigenvalue weighted by Gasteiger charge is -2.04. The van der Waals surface area contributed by atoms with E-state index in [1.165, 1.54) is 37.0 Å². The van der Waals surface area contributed by atoms with Gasteiger partial charge in [-0.1, -0.05) is 39.0 Å². The van der Waals surface area contributed by atoms with Crippen LogP contribution in [-0.2, 0) is 0 Å². The van der Waals surface area contributed by atoms with E-state index >= 15 is 0 Å². The van der Waals surface area contributed by atoms with Crippen molar-refractivity contribution in [3.8, 4) is 0 Å². The van der Waals surface area contributed by atoms with Crippen molar-refractivity contribution in [2.75, 3.05) is 18.9 Å². The average molecular weight is 351 g/mol. The SMILES string of the molecule is CCCCCCCCNc1nc2sc(C(=O)NC)c(C)c2c(=O)o1. The Bertz CT molecular complexity index is 751. The minimum Gasteiger partial charge on any atom is -0.389 e. The zero-order valence-corrected chi connectivity index (χ0v) is 15.3. The number of carbonyl (C=O) groups is 1. The van der Waals surface area contributed by atoms with Crippen molar-refractivity contribution < 1.29 is 9.21 Å². The summed E-state index contributed by atoms with van der Waals surface area (Å²) in [7, 11) is 1.57. The standard InChI is InChI=1S/C17H25N3O3S/c1-4-5-6-7-8-9-10-19-17-20-15-12(16(22)23-17)11(2)13(24-15)14(21)18-3/h4-10H2,1-3H3,(H,18,21)(H,19,20). The first-order valence-electron chi connectivity index (χ1n) is 8.48. The highest BCUT2D eigenvalue weighted by Gasteiger charge is 2.19. The van der Waals surface area contributed by atoms with Crippen LogP contribution in [0.25, 0.3) is 10.2 Å². The van der Waals surface area contributed by atoms with Gasteiger partial charge in [0.15, 0.2) is 0 Å². The molecule has 2 aromatic rings. The van der Waals surface area contributed by atoms with Crippen LogP contribution in [0.5, 0.6) is 0 Å². The molecule has 1 amide bonds. The maximum absolute atomic E-state index is 12.2. The van der Waals surface area contributed by atoms with Crippen LogP contribution in [0.15, 0.2) is 9.21 Å². The number of hydrogen-bond acceptors (Lipinski definition) is 6. The normalized spacial score (nSPS) is 11.0. The predicted molar refractivity (Wildman–Crippen MR) is 98.1 cm³/mol. The van der Waals surface area contributed by atoms with Crippen LogP contribution in [0.4, 0.5) is 6.01 Å². The van der Waals surface area contributed by atoms with Crippen LogP contribution in [0.3, 0.4) is 0 Å². The maximum atomic E-state index is 12.2. The smallest absolute Gasteiger partial charge is 0.349 e. The summed E-state index contributed by atoms with van der Waals surface area (Å²) in [5.41, 5.74) is 0.174. The number of aryl methyl sites for hydroxylation is 1. The minimum atomic E-state index is -0.450. The predicted octanol–water partition coefficient (Wildman–Crippen LogP) is 3.69. The minimum absolute atomic E-state index is 0.212. The second-order valence-corrected chi connectivity index (χ2v) is 6.82. The molecule has 0 atom stereocenters. The Hall–Kier alpha value is -1.89. The topological polar surface area (TPSA) is 84.2 Å². The Morgan fingerprint density at radius 3 is 2.62 bits per heavy atom. The number of amides is 1. The van der Waals surface area contributed by atoms with Gasteiger partial charge in [-0.2, -0.15) is 4.98 Å². The molecule has 0 aliphatic heterocycles. The van der Waals surface area contributed by atoms with Crippen molar-refractivity contribution in [3.05, 3.63) is 20.9 Å². The summed E-state index contributed by atoms with van der Waals surface area (Å²) in [6.45, 7) is 4.67. The van der Waals surface area contributed by atoms with Gasteiger partial charge in [0, 0.05) is 13.6 Å². The highest BCUT2D eigenvalue weighted by Crippen LogP contribution is 2.27. The summed E-state index contributed by atoms with van der Waals surface area (Å²) in [5, 5.41) is 6.04. The summed E-state index contributed by atoms with van der Waals surface area (Å²) in [4.78, 5) is 29.4. The van der Waals surface area contributed by atoms with Gasteiger partial charge < -0.3 is 15.1 Å². The van der Waals surface area contributed by atoms with Crippen LogP contribution in [0, 0.1) is 6.92 Å². The molecule has 2 heterocycles. The van der Waals surface area contributed by atoms with E-state index in [2.05, 4.69) is 22.5 Å². The number of anilines is 1. The number of thiophene rings is 1. The largest absolute Gasteiger partial charge is 0.389 e. The van der Waals surface area contributed by atoms with Crippen LogP contribution >= 0.6 is 11.3 Å². The van der Waals surface area contributed by atoms with Gasteiger partial charge in [0.05, 0.1) is 4.88 Å². The average Bonchev–Trinajstić information content (AvgIpc) is 2.90. The molecule has 0 fully saturated rings.